The van der Waals surface area contributed by atoms with Crippen LogP contribution in [0.4, 0.5) is 0 Å². The lowest BCUT2D eigenvalue weighted by Gasteiger charge is -2.22. The summed E-state index contributed by atoms with van der Waals surface area (Å²) in [6.07, 6.45) is 3.43. The number of hydrazine groups is 1. The maximum Gasteiger partial charge on any atom is 0.256 e. The molecule has 0 bridgehead atoms. The summed E-state index contributed by atoms with van der Waals surface area (Å²) in [5.74, 6) is 1.41. The molecule has 1 rings (SSSR count). The van der Waals surface area contributed by atoms with E-state index < -0.39 is 53.6 Å². The van der Waals surface area contributed by atoms with E-state index in [0.717, 1.165) is 17.1 Å². The molecule has 0 aromatic rings. The second kappa shape index (κ2) is 40.1. The van der Waals surface area contributed by atoms with Crippen LogP contribution < -0.4 is 32.5 Å². The molecule has 1 aliphatic heterocycles. The van der Waals surface area contributed by atoms with Gasteiger partial charge in [0, 0.05) is 38.8 Å². The van der Waals surface area contributed by atoms with Gasteiger partial charge in [0.2, 0.25) is 23.6 Å². The number of nitrogens with one attached hydrogen (secondary N) is 5. The maximum atomic E-state index is 13.2. The minimum atomic E-state index is -1.06. The van der Waals surface area contributed by atoms with Gasteiger partial charge in [0.05, 0.1) is 119 Å². The van der Waals surface area contributed by atoms with E-state index in [4.69, 9.17) is 53.2 Å². The Morgan fingerprint density at radius 3 is 1.40 bits per heavy atom. The van der Waals surface area contributed by atoms with Crippen molar-refractivity contribution in [1.82, 2.24) is 31.6 Å². The fourth-order valence-electron chi connectivity index (χ4n) is 5.31. The summed E-state index contributed by atoms with van der Waals surface area (Å²) >= 11 is 0. The monoisotopic (exact) mass is 936 g/mol. The van der Waals surface area contributed by atoms with Crippen molar-refractivity contribution in [2.75, 3.05) is 146 Å². The van der Waals surface area contributed by atoms with Crippen LogP contribution in [0, 0.1) is 0 Å². The normalized spacial score (nSPS) is 13.7. The van der Waals surface area contributed by atoms with Gasteiger partial charge in [-0.1, -0.05) is 0 Å². The average molecular weight is 936 g/mol. The Bertz CT molecular complexity index is 1360. The van der Waals surface area contributed by atoms with Gasteiger partial charge in [-0.2, -0.15) is 0 Å². The number of amides is 7. The van der Waals surface area contributed by atoms with E-state index in [9.17, 15) is 33.6 Å². The molecule has 3 atom stereocenters. The highest BCUT2D eigenvalue weighted by Crippen LogP contribution is 2.07. The Hall–Kier alpha value is -4.21. The van der Waals surface area contributed by atoms with Gasteiger partial charge in [0.1, 0.15) is 24.7 Å². The molecular formula is C41H73N7O17. The average Bonchev–Trinajstić information content (AvgIpc) is 3.61. The molecule has 7 amide bonds. The number of carbonyl (C=O) groups excluding carboxylic acids is 7. The zero-order valence-corrected chi connectivity index (χ0v) is 38.2. The number of hydrogen-bond donors (Lipinski definition) is 6. The molecule has 0 spiro atoms. The van der Waals surface area contributed by atoms with Crippen molar-refractivity contribution in [3.05, 3.63) is 12.2 Å². The first-order valence-corrected chi connectivity index (χ1v) is 21.9. The van der Waals surface area contributed by atoms with Crippen LogP contribution in [0.2, 0.25) is 0 Å². The number of methoxy groups -OCH3 is 1. The molecule has 24 nitrogen and oxygen atoms in total. The SMILES string of the molecule is COCCOCCOCCOCCOCCOCCOCCOCCOCCOCC(=O)NCCCC[C@H](NC(=O)CCCN1C(=O)C=CC1=O)C(=O)N[C@@H](C)C(=O)N[C@@H](C)C(=O)NN. The number of ether oxygens (including phenoxy) is 10. The quantitative estimate of drug-likeness (QED) is 0.0119. The molecule has 1 heterocycles. The summed E-state index contributed by atoms with van der Waals surface area (Å²) in [5.41, 5.74) is 1.92. The third-order valence-electron chi connectivity index (χ3n) is 8.87. The van der Waals surface area contributed by atoms with Crippen molar-refractivity contribution in [2.45, 2.75) is 64.1 Å². The molecule has 0 aromatic carbocycles. The first-order chi connectivity index (χ1) is 31.5. The third kappa shape index (κ3) is 32.2. The lowest BCUT2D eigenvalue weighted by atomic mass is 10.1. The number of nitrogens with two attached hydrogens (primary N) is 1. The van der Waals surface area contributed by atoms with Gasteiger partial charge in [-0.15, -0.1) is 0 Å². The van der Waals surface area contributed by atoms with Gasteiger partial charge in [-0.05, 0) is 39.5 Å². The minimum absolute atomic E-state index is 0.0322. The first-order valence-electron chi connectivity index (χ1n) is 21.9. The second-order valence-corrected chi connectivity index (χ2v) is 14.1. The van der Waals surface area contributed by atoms with Gasteiger partial charge in [0.25, 0.3) is 17.7 Å². The Morgan fingerprint density at radius 2 is 0.954 bits per heavy atom. The molecule has 0 saturated heterocycles. The maximum absolute atomic E-state index is 13.2. The van der Waals surface area contributed by atoms with Gasteiger partial charge in [-0.25, -0.2) is 5.84 Å². The van der Waals surface area contributed by atoms with Crippen molar-refractivity contribution in [1.29, 1.82) is 0 Å². The molecule has 24 heteroatoms. The Morgan fingerprint density at radius 1 is 0.538 bits per heavy atom. The van der Waals surface area contributed by atoms with Gasteiger partial charge in [0.15, 0.2) is 0 Å². The largest absolute Gasteiger partial charge is 0.382 e. The molecule has 65 heavy (non-hydrogen) atoms. The molecular weight excluding hydrogens is 862 g/mol. The Kier molecular flexibility index (Phi) is 36.3. The molecule has 1 aliphatic rings. The van der Waals surface area contributed by atoms with Crippen LogP contribution in [0.1, 0.15) is 46.0 Å². The topological polar surface area (TPSA) is 301 Å². The highest BCUT2D eigenvalue weighted by atomic mass is 16.6. The summed E-state index contributed by atoms with van der Waals surface area (Å²) < 4.78 is 53.7. The Balaban J connectivity index is 2.09. The fourth-order valence-corrected chi connectivity index (χ4v) is 5.31. The standard InChI is InChI=1S/C41H73N7O17/c1-32(39(53)44-33(2)40(54)47-42)45-41(55)34(46-35(49)8-6-12-48-37(51)9-10-38(48)52)7-4-5-11-43-36(50)31-65-30-29-64-28-27-63-26-25-62-24-23-61-22-21-60-20-19-59-18-17-58-16-15-57-14-13-56-3/h9-10,32-34H,4-8,11-31,42H2,1-3H3,(H,43,50)(H,44,53)(H,45,55)(H,46,49)(H,47,54)/t32-,33-,34-/m0/s1. The van der Waals surface area contributed by atoms with Crippen LogP contribution >= 0.6 is 0 Å². The van der Waals surface area contributed by atoms with E-state index in [1.807, 2.05) is 5.43 Å². The van der Waals surface area contributed by atoms with Gasteiger partial charge < -0.3 is 68.6 Å². The lowest BCUT2D eigenvalue weighted by Crippen LogP contribution is -2.55. The van der Waals surface area contributed by atoms with Gasteiger partial charge >= 0.3 is 0 Å². The zero-order chi connectivity index (χ0) is 47.8. The lowest BCUT2D eigenvalue weighted by molar-refractivity contribution is -0.137. The second-order valence-electron chi connectivity index (χ2n) is 14.1. The van der Waals surface area contributed by atoms with Crippen LogP contribution in [-0.4, -0.2) is 210 Å². The summed E-state index contributed by atoms with van der Waals surface area (Å²) in [6, 6.07) is -3.07. The molecule has 0 radical (unpaired) electrons. The summed E-state index contributed by atoms with van der Waals surface area (Å²) in [5, 5.41) is 10.3. The third-order valence-corrected chi connectivity index (χ3v) is 8.87. The minimum Gasteiger partial charge on any atom is -0.382 e. The smallest absolute Gasteiger partial charge is 0.256 e. The number of imide groups is 1. The van der Waals surface area contributed by atoms with E-state index in [-0.39, 0.29) is 58.1 Å². The van der Waals surface area contributed by atoms with Crippen LogP contribution in [0.15, 0.2) is 12.2 Å². The van der Waals surface area contributed by atoms with Crippen molar-refractivity contribution in [3.8, 4) is 0 Å². The molecule has 0 saturated carbocycles. The van der Waals surface area contributed by atoms with Crippen LogP contribution in [0.5, 0.6) is 0 Å². The van der Waals surface area contributed by atoms with E-state index in [2.05, 4.69) is 21.3 Å². The highest BCUT2D eigenvalue weighted by molar-refractivity contribution is 6.12. The fraction of sp³-hybridized carbons (Fsp3) is 0.780. The molecule has 374 valence electrons. The van der Waals surface area contributed by atoms with E-state index >= 15 is 0 Å². The van der Waals surface area contributed by atoms with Crippen molar-refractivity contribution in [3.63, 3.8) is 0 Å². The first kappa shape index (κ1) is 58.8. The van der Waals surface area contributed by atoms with Crippen LogP contribution in [0.3, 0.4) is 0 Å². The number of nitrogens with zero attached hydrogens (tertiary/aromatic N) is 1. The van der Waals surface area contributed by atoms with Crippen molar-refractivity contribution < 1.29 is 80.9 Å². The zero-order valence-electron chi connectivity index (χ0n) is 38.2. The molecule has 7 N–H and O–H groups in total. The van der Waals surface area contributed by atoms with Gasteiger partial charge in [-0.3, -0.25) is 43.9 Å². The van der Waals surface area contributed by atoms with Crippen LogP contribution in [-0.2, 0) is 80.9 Å². The number of hydrogen-bond acceptors (Lipinski definition) is 18. The van der Waals surface area contributed by atoms with E-state index in [1.54, 1.807) is 7.11 Å². The molecule has 0 unspecified atom stereocenters. The summed E-state index contributed by atoms with van der Waals surface area (Å²) in [6.45, 7) is 10.9. The number of unbranched alkanes of at least 4 members (excludes halogenated alkanes) is 1. The molecule has 0 aliphatic carbocycles. The number of rotatable bonds is 44. The highest BCUT2D eigenvalue weighted by Gasteiger charge is 2.27. The molecule has 0 aromatic heterocycles. The van der Waals surface area contributed by atoms with E-state index in [0.29, 0.717) is 119 Å². The van der Waals surface area contributed by atoms with Crippen molar-refractivity contribution in [2.24, 2.45) is 5.84 Å². The Labute approximate surface area is 381 Å². The summed E-state index contributed by atoms with van der Waals surface area (Å²) in [7, 11) is 1.63. The predicted molar refractivity (Wildman–Crippen MR) is 231 cm³/mol. The number of carbonyl (C=O) groups is 7. The van der Waals surface area contributed by atoms with Crippen LogP contribution in [0.25, 0.3) is 0 Å². The molecule has 0 fully saturated rings. The summed E-state index contributed by atoms with van der Waals surface area (Å²) in [4.78, 5) is 86.9. The van der Waals surface area contributed by atoms with E-state index in [1.165, 1.54) is 13.8 Å². The van der Waals surface area contributed by atoms with Crippen molar-refractivity contribution >= 4 is 41.4 Å². The predicted octanol–water partition coefficient (Wildman–Crippen LogP) is -2.74.